The first kappa shape index (κ1) is 19.6. The lowest BCUT2D eigenvalue weighted by Gasteiger charge is -2.53. The maximum Gasteiger partial charge on any atom is 0.274 e. The quantitative estimate of drug-likeness (QED) is 0.638. The summed E-state index contributed by atoms with van der Waals surface area (Å²) in [5.41, 5.74) is 1.64. The first-order valence-corrected chi connectivity index (χ1v) is 10.7. The predicted octanol–water partition coefficient (Wildman–Crippen LogP) is 2.98. The minimum Gasteiger partial charge on any atom is -0.487 e. The Hall–Kier alpha value is -3.32. The minimum atomic E-state index is -0.0360. The SMILES string of the molecule is O=C(c1cnccn1)N1CCC(N2C[C@H](Oc3ccccc3)[C@@H]2c2ccncc2)CC1. The molecule has 2 aliphatic heterocycles. The maximum absolute atomic E-state index is 12.7. The number of aromatic nitrogens is 3. The predicted molar refractivity (Wildman–Crippen MR) is 115 cm³/mol. The number of pyridine rings is 1. The Balaban J connectivity index is 1.26. The molecule has 4 heterocycles. The highest BCUT2D eigenvalue weighted by atomic mass is 16.5. The van der Waals surface area contributed by atoms with Crippen molar-refractivity contribution in [1.29, 1.82) is 0 Å². The molecular weight excluding hydrogens is 390 g/mol. The fraction of sp³-hybridized carbons (Fsp3) is 0.333. The molecule has 0 aliphatic carbocycles. The normalized spacial score (nSPS) is 22.0. The number of hydrogen-bond donors (Lipinski definition) is 0. The summed E-state index contributed by atoms with van der Waals surface area (Å²) >= 11 is 0. The van der Waals surface area contributed by atoms with Crippen LogP contribution in [0.15, 0.2) is 73.4 Å². The second-order valence-corrected chi connectivity index (χ2v) is 8.01. The van der Waals surface area contributed by atoms with E-state index in [1.54, 1.807) is 12.4 Å². The lowest BCUT2D eigenvalue weighted by atomic mass is 9.87. The average Bonchev–Trinajstić information content (AvgIpc) is 2.83. The van der Waals surface area contributed by atoms with Gasteiger partial charge in [0, 0.05) is 50.5 Å². The number of ether oxygens (including phenoxy) is 1. The fourth-order valence-electron chi connectivity index (χ4n) is 4.59. The van der Waals surface area contributed by atoms with E-state index in [0.717, 1.165) is 38.2 Å². The van der Waals surface area contributed by atoms with Gasteiger partial charge >= 0.3 is 0 Å². The van der Waals surface area contributed by atoms with E-state index in [4.69, 9.17) is 4.74 Å². The molecule has 2 atom stereocenters. The lowest BCUT2D eigenvalue weighted by Crippen LogP contribution is -2.61. The number of nitrogens with zero attached hydrogens (tertiary/aromatic N) is 5. The molecule has 31 heavy (non-hydrogen) atoms. The van der Waals surface area contributed by atoms with Gasteiger partial charge in [-0.3, -0.25) is 19.7 Å². The second kappa shape index (κ2) is 8.81. The number of amides is 1. The molecular formula is C24H25N5O2. The zero-order valence-corrected chi connectivity index (χ0v) is 17.2. The van der Waals surface area contributed by atoms with Crippen LogP contribution in [0.5, 0.6) is 5.75 Å². The summed E-state index contributed by atoms with van der Waals surface area (Å²) in [6.07, 6.45) is 10.3. The van der Waals surface area contributed by atoms with Crippen LogP contribution < -0.4 is 4.74 Å². The van der Waals surface area contributed by atoms with Crippen LogP contribution in [0.2, 0.25) is 0 Å². The molecule has 2 aromatic heterocycles. The summed E-state index contributed by atoms with van der Waals surface area (Å²) in [5, 5.41) is 0. The molecule has 0 bridgehead atoms. The number of benzene rings is 1. The largest absolute Gasteiger partial charge is 0.487 e. The van der Waals surface area contributed by atoms with E-state index in [1.807, 2.05) is 47.6 Å². The van der Waals surface area contributed by atoms with Gasteiger partial charge in [0.1, 0.15) is 17.5 Å². The Kier molecular flexibility index (Phi) is 5.58. The summed E-state index contributed by atoms with van der Waals surface area (Å²) in [4.78, 5) is 29.4. The Morgan fingerprint density at radius 3 is 2.42 bits per heavy atom. The summed E-state index contributed by atoms with van der Waals surface area (Å²) in [6, 6.07) is 14.8. The van der Waals surface area contributed by atoms with E-state index in [2.05, 4.69) is 32.0 Å². The molecule has 2 fully saturated rings. The van der Waals surface area contributed by atoms with Crippen molar-refractivity contribution in [2.75, 3.05) is 19.6 Å². The van der Waals surface area contributed by atoms with Crippen molar-refractivity contribution < 1.29 is 9.53 Å². The molecule has 0 saturated carbocycles. The topological polar surface area (TPSA) is 71.5 Å². The van der Waals surface area contributed by atoms with Crippen LogP contribution >= 0.6 is 0 Å². The lowest BCUT2D eigenvalue weighted by molar-refractivity contribution is -0.0842. The monoisotopic (exact) mass is 415 g/mol. The van der Waals surface area contributed by atoms with E-state index in [1.165, 1.54) is 11.8 Å². The number of piperidine rings is 1. The molecule has 7 heteroatoms. The molecule has 1 amide bonds. The summed E-state index contributed by atoms with van der Waals surface area (Å²) in [5.74, 6) is 0.863. The van der Waals surface area contributed by atoms with Gasteiger partial charge in [0.05, 0.1) is 12.2 Å². The highest BCUT2D eigenvalue weighted by molar-refractivity contribution is 5.92. The van der Waals surface area contributed by atoms with Crippen molar-refractivity contribution in [2.45, 2.75) is 31.0 Å². The second-order valence-electron chi connectivity index (χ2n) is 8.01. The van der Waals surface area contributed by atoms with Gasteiger partial charge in [-0.1, -0.05) is 18.2 Å². The third-order valence-electron chi connectivity index (χ3n) is 6.18. The van der Waals surface area contributed by atoms with Crippen molar-refractivity contribution in [3.63, 3.8) is 0 Å². The van der Waals surface area contributed by atoms with Gasteiger partial charge in [-0.05, 0) is 42.7 Å². The number of rotatable bonds is 5. The third-order valence-corrected chi connectivity index (χ3v) is 6.18. The number of carbonyl (C=O) groups excluding carboxylic acids is 1. The van der Waals surface area contributed by atoms with Crippen LogP contribution in [0.25, 0.3) is 0 Å². The van der Waals surface area contributed by atoms with Gasteiger partial charge in [-0.15, -0.1) is 0 Å². The molecule has 2 saturated heterocycles. The Morgan fingerprint density at radius 1 is 0.935 bits per heavy atom. The minimum absolute atomic E-state index is 0.0360. The van der Waals surface area contributed by atoms with Crippen LogP contribution in [-0.2, 0) is 0 Å². The molecule has 2 aliphatic rings. The Morgan fingerprint density at radius 2 is 1.71 bits per heavy atom. The van der Waals surface area contributed by atoms with Gasteiger partial charge in [0.2, 0.25) is 0 Å². The molecule has 3 aromatic rings. The highest BCUT2D eigenvalue weighted by Crippen LogP contribution is 2.40. The smallest absolute Gasteiger partial charge is 0.274 e. The molecule has 1 aromatic carbocycles. The number of carbonyl (C=O) groups is 1. The van der Waals surface area contributed by atoms with E-state index in [-0.39, 0.29) is 18.1 Å². The standard InChI is InChI=1S/C24H25N5O2/c30-24(21-16-26-12-13-27-21)28-14-8-19(9-15-28)29-17-22(31-20-4-2-1-3-5-20)23(29)18-6-10-25-11-7-18/h1-7,10-13,16,19,22-23H,8-9,14-15,17H2/t22-,23-/m0/s1. The van der Waals surface area contributed by atoms with Crippen LogP contribution in [0, 0.1) is 0 Å². The van der Waals surface area contributed by atoms with Crippen LogP contribution in [0.4, 0.5) is 0 Å². The van der Waals surface area contributed by atoms with Gasteiger partial charge in [-0.2, -0.15) is 0 Å². The van der Waals surface area contributed by atoms with Crippen LogP contribution in [0.3, 0.4) is 0 Å². The average molecular weight is 415 g/mol. The molecule has 5 rings (SSSR count). The fourth-order valence-corrected chi connectivity index (χ4v) is 4.59. The molecule has 0 unspecified atom stereocenters. The maximum atomic E-state index is 12.7. The Labute approximate surface area is 181 Å². The number of para-hydroxylation sites is 1. The van der Waals surface area contributed by atoms with Gasteiger partial charge in [0.25, 0.3) is 5.91 Å². The van der Waals surface area contributed by atoms with Crippen molar-refractivity contribution >= 4 is 5.91 Å². The molecule has 7 nitrogen and oxygen atoms in total. The van der Waals surface area contributed by atoms with Crippen molar-refractivity contribution in [2.24, 2.45) is 0 Å². The van der Waals surface area contributed by atoms with E-state index in [0.29, 0.717) is 11.7 Å². The molecule has 0 spiro atoms. The number of likely N-dealkylation sites (tertiary alicyclic amines) is 2. The van der Waals surface area contributed by atoms with E-state index < -0.39 is 0 Å². The Bertz CT molecular complexity index is 994. The van der Waals surface area contributed by atoms with Crippen LogP contribution in [-0.4, -0.2) is 62.4 Å². The van der Waals surface area contributed by atoms with Gasteiger partial charge in [0.15, 0.2) is 0 Å². The molecule has 158 valence electrons. The zero-order chi connectivity index (χ0) is 21.0. The van der Waals surface area contributed by atoms with E-state index in [9.17, 15) is 4.79 Å². The van der Waals surface area contributed by atoms with E-state index >= 15 is 0 Å². The number of hydrogen-bond acceptors (Lipinski definition) is 6. The molecule has 0 N–H and O–H groups in total. The van der Waals surface area contributed by atoms with Crippen LogP contribution in [0.1, 0.15) is 34.9 Å². The first-order chi connectivity index (χ1) is 15.3. The first-order valence-electron chi connectivity index (χ1n) is 10.7. The molecule has 0 radical (unpaired) electrons. The van der Waals surface area contributed by atoms with Crippen molar-refractivity contribution in [3.05, 3.63) is 84.7 Å². The summed E-state index contributed by atoms with van der Waals surface area (Å²) < 4.78 is 6.31. The summed E-state index contributed by atoms with van der Waals surface area (Å²) in [7, 11) is 0. The highest BCUT2D eigenvalue weighted by Gasteiger charge is 2.46. The van der Waals surface area contributed by atoms with Gasteiger partial charge in [-0.25, -0.2) is 4.98 Å². The van der Waals surface area contributed by atoms with Crippen molar-refractivity contribution in [3.8, 4) is 5.75 Å². The third kappa shape index (κ3) is 4.14. The summed E-state index contributed by atoms with van der Waals surface area (Å²) in [6.45, 7) is 2.33. The van der Waals surface area contributed by atoms with Gasteiger partial charge < -0.3 is 9.64 Å². The van der Waals surface area contributed by atoms with Crippen molar-refractivity contribution in [1.82, 2.24) is 24.8 Å². The zero-order valence-electron chi connectivity index (χ0n) is 17.2.